The van der Waals surface area contributed by atoms with Crippen molar-refractivity contribution < 1.29 is 9.34 Å². The van der Waals surface area contributed by atoms with Crippen molar-refractivity contribution in [1.82, 2.24) is 4.98 Å². The molecule has 0 aliphatic rings. The van der Waals surface area contributed by atoms with Crippen LogP contribution in [0.1, 0.15) is 17.2 Å². The van der Waals surface area contributed by atoms with E-state index in [1.54, 1.807) is 25.3 Å². The van der Waals surface area contributed by atoms with E-state index in [0.29, 0.717) is 23.7 Å². The summed E-state index contributed by atoms with van der Waals surface area (Å²) < 4.78 is 5.30. The van der Waals surface area contributed by atoms with Gasteiger partial charge in [0.15, 0.2) is 0 Å². The van der Waals surface area contributed by atoms with Crippen molar-refractivity contribution in [2.24, 2.45) is 0 Å². The Morgan fingerprint density at radius 3 is 2.83 bits per heavy atom. The number of benzene rings is 1. The fourth-order valence-corrected chi connectivity index (χ4v) is 1.58. The Balaban J connectivity index is 2.10. The number of oxazole rings is 1. The quantitative estimate of drug-likeness (QED) is 0.663. The average molecular weight is 247 g/mol. The molecule has 0 saturated heterocycles. The number of hydrogen-bond donors (Lipinski definition) is 1. The van der Waals surface area contributed by atoms with Gasteiger partial charge in [-0.25, -0.2) is 4.98 Å². The Bertz CT molecular complexity index is 578. The molecule has 18 heavy (non-hydrogen) atoms. The Labute approximate surface area is 104 Å². The monoisotopic (exact) mass is 247 g/mol. The molecule has 0 aliphatic heterocycles. The molecule has 0 unspecified atom stereocenters. The predicted octanol–water partition coefficient (Wildman–Crippen LogP) is 2.81. The molecule has 1 aromatic carbocycles. The van der Waals surface area contributed by atoms with Crippen LogP contribution in [-0.2, 0) is 6.54 Å². The SMILES string of the molecule is Cc1cnc(CNc2ccc(C)c([N+](=O)[O-])c2)o1. The first-order chi connectivity index (χ1) is 8.56. The highest BCUT2D eigenvalue weighted by atomic mass is 16.6. The Kier molecular flexibility index (Phi) is 3.27. The highest BCUT2D eigenvalue weighted by Crippen LogP contribution is 2.22. The number of nitro groups is 1. The van der Waals surface area contributed by atoms with E-state index in [-0.39, 0.29) is 5.69 Å². The molecule has 0 aliphatic carbocycles. The third kappa shape index (κ3) is 2.65. The number of nitrogens with one attached hydrogen (secondary N) is 1. The Morgan fingerprint density at radius 2 is 2.22 bits per heavy atom. The predicted molar refractivity (Wildman–Crippen MR) is 66.4 cm³/mol. The molecule has 0 radical (unpaired) electrons. The van der Waals surface area contributed by atoms with Gasteiger partial charge in [0.25, 0.3) is 5.69 Å². The van der Waals surface area contributed by atoms with Crippen molar-refractivity contribution in [1.29, 1.82) is 0 Å². The number of aryl methyl sites for hydroxylation is 2. The van der Waals surface area contributed by atoms with Gasteiger partial charge >= 0.3 is 0 Å². The summed E-state index contributed by atoms with van der Waals surface area (Å²) in [6.07, 6.45) is 1.63. The van der Waals surface area contributed by atoms with E-state index in [1.165, 1.54) is 6.07 Å². The maximum absolute atomic E-state index is 10.8. The lowest BCUT2D eigenvalue weighted by molar-refractivity contribution is -0.385. The molecule has 0 bridgehead atoms. The van der Waals surface area contributed by atoms with Crippen molar-refractivity contribution in [3.05, 3.63) is 51.7 Å². The van der Waals surface area contributed by atoms with E-state index in [0.717, 1.165) is 5.76 Å². The zero-order valence-corrected chi connectivity index (χ0v) is 10.1. The first kappa shape index (κ1) is 12.1. The minimum absolute atomic E-state index is 0.101. The second-order valence-electron chi connectivity index (χ2n) is 3.98. The van der Waals surface area contributed by atoms with E-state index in [1.807, 2.05) is 6.92 Å². The molecule has 6 nitrogen and oxygen atoms in total. The van der Waals surface area contributed by atoms with Crippen molar-refractivity contribution in [2.45, 2.75) is 20.4 Å². The molecule has 6 heteroatoms. The Hall–Kier alpha value is -2.37. The summed E-state index contributed by atoms with van der Waals surface area (Å²) in [5.74, 6) is 1.29. The van der Waals surface area contributed by atoms with Crippen LogP contribution in [0, 0.1) is 24.0 Å². The molecular formula is C12H13N3O3. The third-order valence-corrected chi connectivity index (χ3v) is 2.52. The zero-order valence-electron chi connectivity index (χ0n) is 10.1. The lowest BCUT2D eigenvalue weighted by Gasteiger charge is -2.04. The van der Waals surface area contributed by atoms with Gasteiger partial charge in [0.1, 0.15) is 5.76 Å². The molecule has 0 spiro atoms. The molecule has 94 valence electrons. The standard InChI is InChI=1S/C12H13N3O3/c1-8-3-4-10(5-11(8)15(16)17)13-7-12-14-6-9(2)18-12/h3-6,13H,7H2,1-2H3. The van der Waals surface area contributed by atoms with Crippen LogP contribution in [0.3, 0.4) is 0 Å². The maximum atomic E-state index is 10.8. The summed E-state index contributed by atoms with van der Waals surface area (Å²) in [5.41, 5.74) is 1.41. The topological polar surface area (TPSA) is 81.2 Å². The van der Waals surface area contributed by atoms with Gasteiger partial charge in [0, 0.05) is 17.3 Å². The fraction of sp³-hybridized carbons (Fsp3) is 0.250. The van der Waals surface area contributed by atoms with Gasteiger partial charge in [-0.2, -0.15) is 0 Å². The third-order valence-electron chi connectivity index (χ3n) is 2.52. The highest BCUT2D eigenvalue weighted by molar-refractivity contribution is 5.54. The molecular weight excluding hydrogens is 234 g/mol. The summed E-state index contributed by atoms with van der Waals surface area (Å²) >= 11 is 0. The minimum Gasteiger partial charge on any atom is -0.444 e. The van der Waals surface area contributed by atoms with Crippen molar-refractivity contribution in [3.63, 3.8) is 0 Å². The summed E-state index contributed by atoms with van der Waals surface area (Å²) in [6.45, 7) is 3.92. The number of nitrogens with zero attached hydrogens (tertiary/aromatic N) is 2. The van der Waals surface area contributed by atoms with E-state index >= 15 is 0 Å². The molecule has 0 fully saturated rings. The van der Waals surface area contributed by atoms with Crippen molar-refractivity contribution >= 4 is 11.4 Å². The molecule has 1 heterocycles. The van der Waals surface area contributed by atoms with Crippen molar-refractivity contribution in [3.8, 4) is 0 Å². The van der Waals surface area contributed by atoms with Gasteiger partial charge in [0.05, 0.1) is 17.7 Å². The molecule has 2 aromatic rings. The van der Waals surface area contributed by atoms with Gasteiger partial charge in [-0.15, -0.1) is 0 Å². The largest absolute Gasteiger partial charge is 0.444 e. The number of anilines is 1. The zero-order chi connectivity index (χ0) is 13.1. The van der Waals surface area contributed by atoms with Gasteiger partial charge < -0.3 is 9.73 Å². The Morgan fingerprint density at radius 1 is 1.44 bits per heavy atom. The maximum Gasteiger partial charge on any atom is 0.274 e. The van der Waals surface area contributed by atoms with Gasteiger partial charge in [-0.3, -0.25) is 10.1 Å². The first-order valence-electron chi connectivity index (χ1n) is 5.46. The normalized spacial score (nSPS) is 10.3. The lowest BCUT2D eigenvalue weighted by Crippen LogP contribution is -2.01. The van der Waals surface area contributed by atoms with E-state index in [9.17, 15) is 10.1 Å². The van der Waals surface area contributed by atoms with Gasteiger partial charge in [-0.05, 0) is 19.9 Å². The van der Waals surface area contributed by atoms with Crippen molar-refractivity contribution in [2.75, 3.05) is 5.32 Å². The molecule has 0 atom stereocenters. The lowest BCUT2D eigenvalue weighted by atomic mass is 10.2. The van der Waals surface area contributed by atoms with E-state index in [2.05, 4.69) is 10.3 Å². The summed E-state index contributed by atoms with van der Waals surface area (Å²) in [5, 5.41) is 13.8. The average Bonchev–Trinajstić information content (AvgIpc) is 2.74. The summed E-state index contributed by atoms with van der Waals surface area (Å²) in [4.78, 5) is 14.4. The highest BCUT2D eigenvalue weighted by Gasteiger charge is 2.11. The number of hydrogen-bond acceptors (Lipinski definition) is 5. The van der Waals surface area contributed by atoms with E-state index < -0.39 is 4.92 Å². The first-order valence-corrected chi connectivity index (χ1v) is 5.46. The van der Waals surface area contributed by atoms with Crippen LogP contribution in [0.25, 0.3) is 0 Å². The second kappa shape index (κ2) is 4.87. The molecule has 1 aromatic heterocycles. The van der Waals surface area contributed by atoms with Crippen LogP contribution in [0.4, 0.5) is 11.4 Å². The number of rotatable bonds is 4. The van der Waals surface area contributed by atoms with Crippen LogP contribution in [0.2, 0.25) is 0 Å². The smallest absolute Gasteiger partial charge is 0.274 e. The van der Waals surface area contributed by atoms with Gasteiger partial charge in [-0.1, -0.05) is 6.07 Å². The summed E-state index contributed by atoms with van der Waals surface area (Å²) in [7, 11) is 0. The second-order valence-corrected chi connectivity index (χ2v) is 3.98. The van der Waals surface area contributed by atoms with E-state index in [4.69, 9.17) is 4.42 Å². The van der Waals surface area contributed by atoms with Crippen LogP contribution in [0.15, 0.2) is 28.8 Å². The van der Waals surface area contributed by atoms with Gasteiger partial charge in [0.2, 0.25) is 5.89 Å². The van der Waals surface area contributed by atoms with Crippen LogP contribution < -0.4 is 5.32 Å². The fourth-order valence-electron chi connectivity index (χ4n) is 1.58. The molecule has 0 saturated carbocycles. The molecule has 1 N–H and O–H groups in total. The minimum atomic E-state index is -0.393. The van der Waals surface area contributed by atoms with Crippen LogP contribution in [-0.4, -0.2) is 9.91 Å². The summed E-state index contributed by atoms with van der Waals surface area (Å²) in [6, 6.07) is 5.00. The van der Waals surface area contributed by atoms with Crippen LogP contribution >= 0.6 is 0 Å². The van der Waals surface area contributed by atoms with Crippen LogP contribution in [0.5, 0.6) is 0 Å². The molecule has 0 amide bonds. The molecule has 2 rings (SSSR count). The number of aromatic nitrogens is 1. The number of nitro benzene ring substituents is 1.